The van der Waals surface area contributed by atoms with Crippen LogP contribution in [0.1, 0.15) is 27.7 Å². The van der Waals surface area contributed by atoms with Crippen LogP contribution < -0.4 is 5.32 Å². The second kappa shape index (κ2) is 4.94. The first kappa shape index (κ1) is 14.2. The monoisotopic (exact) mass is 309 g/mol. The van der Waals surface area contributed by atoms with E-state index in [1.165, 1.54) is 24.3 Å². The number of ether oxygens (including phenoxy) is 1. The molecule has 1 heterocycles. The smallest absolute Gasteiger partial charge is 0.416 e. The molecule has 2 N–H and O–H groups in total. The molecule has 0 aromatic heterocycles. The molecule has 1 atom stereocenters. The van der Waals surface area contributed by atoms with Crippen LogP contribution in [0.25, 0.3) is 0 Å². The third kappa shape index (κ3) is 2.57. The summed E-state index contributed by atoms with van der Waals surface area (Å²) in [6.45, 7) is 0. The van der Waals surface area contributed by atoms with Crippen LogP contribution in [0, 0.1) is 0 Å². The van der Waals surface area contributed by atoms with Crippen LogP contribution >= 0.6 is 0 Å². The number of esters is 1. The molecule has 22 heavy (non-hydrogen) atoms. The minimum atomic E-state index is -4.49. The Bertz CT molecular complexity index is 726. The molecule has 0 fully saturated rings. The number of hydrogen-bond acceptors (Lipinski definition) is 4. The van der Waals surface area contributed by atoms with Gasteiger partial charge < -0.3 is 15.2 Å². The first-order valence-electron chi connectivity index (χ1n) is 6.32. The van der Waals surface area contributed by atoms with Gasteiger partial charge in [0.1, 0.15) is 5.75 Å². The van der Waals surface area contributed by atoms with Gasteiger partial charge in [0.2, 0.25) is 0 Å². The molecule has 0 aliphatic carbocycles. The van der Waals surface area contributed by atoms with Crippen LogP contribution in [0.3, 0.4) is 0 Å². The minimum absolute atomic E-state index is 0.0330. The molecule has 0 saturated heterocycles. The van der Waals surface area contributed by atoms with Crippen LogP contribution in [0.15, 0.2) is 42.5 Å². The molecular weight excluding hydrogens is 299 g/mol. The van der Waals surface area contributed by atoms with E-state index in [0.717, 1.165) is 18.2 Å². The van der Waals surface area contributed by atoms with Crippen molar-refractivity contribution in [1.29, 1.82) is 0 Å². The van der Waals surface area contributed by atoms with Crippen LogP contribution in [0.2, 0.25) is 0 Å². The van der Waals surface area contributed by atoms with Gasteiger partial charge in [0.15, 0.2) is 6.23 Å². The third-order valence-corrected chi connectivity index (χ3v) is 3.27. The number of phenolic OH excluding ortho intramolecular Hbond substituents is 1. The number of fused-ring (bicyclic) bond motifs is 1. The van der Waals surface area contributed by atoms with Crippen molar-refractivity contribution < 1.29 is 27.8 Å². The Hall–Kier alpha value is -2.70. The molecule has 0 amide bonds. The van der Waals surface area contributed by atoms with Gasteiger partial charge in [0, 0.05) is 5.56 Å². The quantitative estimate of drug-likeness (QED) is 0.789. The molecule has 114 valence electrons. The zero-order chi connectivity index (χ0) is 15.9. The van der Waals surface area contributed by atoms with Crippen molar-refractivity contribution in [1.82, 2.24) is 0 Å². The number of halogens is 3. The van der Waals surface area contributed by atoms with E-state index in [1.807, 2.05) is 0 Å². The Morgan fingerprint density at radius 3 is 2.41 bits per heavy atom. The average molecular weight is 309 g/mol. The summed E-state index contributed by atoms with van der Waals surface area (Å²) in [6.07, 6.45) is -5.41. The van der Waals surface area contributed by atoms with E-state index in [2.05, 4.69) is 5.32 Å². The van der Waals surface area contributed by atoms with E-state index in [1.54, 1.807) is 0 Å². The summed E-state index contributed by atoms with van der Waals surface area (Å²) in [5, 5.41) is 12.0. The number of hydrogen-bond donors (Lipinski definition) is 2. The Balaban J connectivity index is 1.96. The van der Waals surface area contributed by atoms with Gasteiger partial charge in [0.05, 0.1) is 16.8 Å². The highest BCUT2D eigenvalue weighted by Gasteiger charge is 2.34. The standard InChI is InChI=1S/C15H10F3NO3/c16-15(17,18)9-3-6-11-12(7-9)19-13(22-14(11)21)8-1-4-10(20)5-2-8/h1-7,13,19-20H. The van der Waals surface area contributed by atoms with Gasteiger partial charge in [-0.3, -0.25) is 0 Å². The average Bonchev–Trinajstić information content (AvgIpc) is 2.46. The zero-order valence-electron chi connectivity index (χ0n) is 11.0. The first-order chi connectivity index (χ1) is 10.3. The minimum Gasteiger partial charge on any atom is -0.508 e. The topological polar surface area (TPSA) is 58.6 Å². The Morgan fingerprint density at radius 1 is 1.09 bits per heavy atom. The fraction of sp³-hybridized carbons (Fsp3) is 0.133. The summed E-state index contributed by atoms with van der Waals surface area (Å²) in [4.78, 5) is 11.9. The summed E-state index contributed by atoms with van der Waals surface area (Å²) in [5.74, 6) is -0.675. The van der Waals surface area contributed by atoms with Gasteiger partial charge in [-0.05, 0) is 42.5 Å². The van der Waals surface area contributed by atoms with Crippen molar-refractivity contribution in [2.75, 3.05) is 5.32 Å². The molecule has 7 heteroatoms. The number of nitrogens with one attached hydrogen (secondary N) is 1. The number of rotatable bonds is 1. The van der Waals surface area contributed by atoms with E-state index in [0.29, 0.717) is 5.56 Å². The SMILES string of the molecule is O=C1OC(c2ccc(O)cc2)Nc2cc(C(F)(F)F)ccc21. The van der Waals surface area contributed by atoms with E-state index in [9.17, 15) is 23.1 Å². The summed E-state index contributed by atoms with van der Waals surface area (Å²) in [6, 6.07) is 8.61. The van der Waals surface area contributed by atoms with Crippen LogP contribution in [0.5, 0.6) is 5.75 Å². The van der Waals surface area contributed by atoms with Gasteiger partial charge >= 0.3 is 12.1 Å². The molecule has 0 radical (unpaired) electrons. The summed E-state index contributed by atoms with van der Waals surface area (Å²) in [5.41, 5.74) is -0.237. The number of anilines is 1. The lowest BCUT2D eigenvalue weighted by atomic mass is 10.1. The molecule has 0 bridgehead atoms. The van der Waals surface area contributed by atoms with Gasteiger partial charge in [-0.25, -0.2) is 4.79 Å². The highest BCUT2D eigenvalue weighted by atomic mass is 19.4. The van der Waals surface area contributed by atoms with Crippen molar-refractivity contribution >= 4 is 11.7 Å². The maximum Gasteiger partial charge on any atom is 0.416 e. The van der Waals surface area contributed by atoms with Crippen molar-refractivity contribution in [3.63, 3.8) is 0 Å². The number of alkyl halides is 3. The second-order valence-electron chi connectivity index (χ2n) is 4.78. The van der Waals surface area contributed by atoms with Crippen molar-refractivity contribution in [3.05, 3.63) is 59.2 Å². The van der Waals surface area contributed by atoms with Crippen LogP contribution in [-0.2, 0) is 10.9 Å². The van der Waals surface area contributed by atoms with Gasteiger partial charge in [0.25, 0.3) is 0 Å². The molecule has 2 aromatic rings. The molecule has 0 spiro atoms. The lowest BCUT2D eigenvalue weighted by Crippen LogP contribution is -2.26. The third-order valence-electron chi connectivity index (χ3n) is 3.27. The highest BCUT2D eigenvalue weighted by molar-refractivity contribution is 5.97. The fourth-order valence-electron chi connectivity index (χ4n) is 2.16. The van der Waals surface area contributed by atoms with Crippen molar-refractivity contribution in [2.45, 2.75) is 12.4 Å². The molecule has 1 aliphatic rings. The first-order valence-corrected chi connectivity index (χ1v) is 6.32. The number of benzene rings is 2. The number of phenols is 1. The molecule has 2 aromatic carbocycles. The number of aromatic hydroxyl groups is 1. The van der Waals surface area contributed by atoms with E-state index in [4.69, 9.17) is 4.74 Å². The zero-order valence-corrected chi connectivity index (χ0v) is 11.0. The number of carbonyl (C=O) groups is 1. The highest BCUT2D eigenvalue weighted by Crippen LogP contribution is 2.36. The van der Waals surface area contributed by atoms with Crippen molar-refractivity contribution in [2.24, 2.45) is 0 Å². The summed E-state index contributed by atoms with van der Waals surface area (Å²) in [7, 11) is 0. The van der Waals surface area contributed by atoms with Crippen LogP contribution in [-0.4, -0.2) is 11.1 Å². The predicted octanol–water partition coefficient (Wildman–Crippen LogP) is 3.69. The van der Waals surface area contributed by atoms with E-state index < -0.39 is 23.9 Å². The number of carbonyl (C=O) groups excluding carboxylic acids is 1. The largest absolute Gasteiger partial charge is 0.508 e. The molecule has 1 unspecified atom stereocenters. The normalized spacial score (nSPS) is 17.4. The van der Waals surface area contributed by atoms with E-state index in [-0.39, 0.29) is 17.0 Å². The van der Waals surface area contributed by atoms with E-state index >= 15 is 0 Å². The second-order valence-corrected chi connectivity index (χ2v) is 4.78. The Morgan fingerprint density at radius 2 is 1.77 bits per heavy atom. The number of cyclic esters (lactones) is 1. The summed E-state index contributed by atoms with van der Waals surface area (Å²) >= 11 is 0. The van der Waals surface area contributed by atoms with Crippen molar-refractivity contribution in [3.8, 4) is 5.75 Å². The molecular formula is C15H10F3NO3. The van der Waals surface area contributed by atoms with Gasteiger partial charge in [-0.2, -0.15) is 13.2 Å². The fourth-order valence-corrected chi connectivity index (χ4v) is 2.16. The summed E-state index contributed by atoms with van der Waals surface area (Å²) < 4.78 is 43.4. The molecule has 3 rings (SSSR count). The molecule has 1 aliphatic heterocycles. The predicted molar refractivity (Wildman–Crippen MR) is 71.3 cm³/mol. The maximum atomic E-state index is 12.7. The Kier molecular flexibility index (Phi) is 3.20. The lowest BCUT2D eigenvalue weighted by Gasteiger charge is -2.27. The lowest BCUT2D eigenvalue weighted by molar-refractivity contribution is -0.137. The van der Waals surface area contributed by atoms with Crippen LogP contribution in [0.4, 0.5) is 18.9 Å². The van der Waals surface area contributed by atoms with Gasteiger partial charge in [-0.1, -0.05) is 0 Å². The maximum absolute atomic E-state index is 12.7. The molecule has 0 saturated carbocycles. The molecule has 4 nitrogen and oxygen atoms in total. The Labute approximate surface area is 123 Å². The van der Waals surface area contributed by atoms with Gasteiger partial charge in [-0.15, -0.1) is 0 Å².